The van der Waals surface area contributed by atoms with E-state index in [0.717, 1.165) is 62.3 Å². The van der Waals surface area contributed by atoms with Gasteiger partial charge < -0.3 is 15.7 Å². The van der Waals surface area contributed by atoms with Crippen molar-refractivity contribution in [3.8, 4) is 0 Å². The average molecular weight is 456 g/mol. The van der Waals surface area contributed by atoms with Crippen LogP contribution in [0.2, 0.25) is 5.02 Å². The van der Waals surface area contributed by atoms with E-state index in [1.54, 1.807) is 6.20 Å². The fourth-order valence-electron chi connectivity index (χ4n) is 6.39. The maximum Gasteiger partial charge on any atom is 0.252 e. The molecule has 3 N–H and O–H groups in total. The quantitative estimate of drug-likeness (QED) is 0.465. The maximum atomic E-state index is 12.9. The van der Waals surface area contributed by atoms with Crippen LogP contribution in [0, 0.1) is 23.2 Å². The first-order valence-electron chi connectivity index (χ1n) is 11.3. The average Bonchev–Trinajstić information content (AvgIpc) is 2.69. The molecule has 168 valence electrons. The Morgan fingerprint density at radius 2 is 1.77 bits per heavy atom. The van der Waals surface area contributed by atoms with Crippen LogP contribution in [0.3, 0.4) is 0 Å². The molecule has 1 heterocycles. The number of pyridine rings is 1. The highest BCUT2D eigenvalue weighted by Gasteiger charge is 2.50. The molecule has 0 unspecified atom stereocenters. The summed E-state index contributed by atoms with van der Waals surface area (Å²) < 4.78 is 0. The smallest absolute Gasteiger partial charge is 0.252 e. The topological polar surface area (TPSA) is 74.2 Å². The number of hydrogen-bond donors (Lipinski definition) is 3. The number of aliphatic hydroxyl groups excluding tert-OH is 1. The lowest BCUT2D eigenvalue weighted by Gasteiger charge is -2.56. The number of carbonyl (C=O) groups excluding carboxylic acids is 1. The van der Waals surface area contributed by atoms with E-state index in [4.69, 9.17) is 16.7 Å². The van der Waals surface area contributed by atoms with Gasteiger partial charge in [0.1, 0.15) is 0 Å². The van der Waals surface area contributed by atoms with Crippen LogP contribution in [0.15, 0.2) is 12.3 Å². The second-order valence-corrected chi connectivity index (χ2v) is 10.1. The van der Waals surface area contributed by atoms with Crippen LogP contribution in [0.1, 0.15) is 67.4 Å². The monoisotopic (exact) mass is 455 g/mol. The number of rotatable bonds is 10. The van der Waals surface area contributed by atoms with Crippen molar-refractivity contribution < 1.29 is 9.90 Å². The SMILES string of the molecule is Cl.O=C(NCC12CC3CC(CC(C3)C1)C2)c1cc(CCCNCCCO)ncc1Cl. The molecular formula is C23H35Cl2N3O2. The summed E-state index contributed by atoms with van der Waals surface area (Å²) in [6, 6.07) is 1.85. The predicted molar refractivity (Wildman–Crippen MR) is 122 cm³/mol. The van der Waals surface area contributed by atoms with E-state index >= 15 is 0 Å². The third-order valence-corrected chi connectivity index (χ3v) is 7.54. The normalized spacial score (nSPS) is 28.9. The zero-order chi connectivity index (χ0) is 20.3. The Morgan fingerprint density at radius 1 is 1.13 bits per heavy atom. The number of aromatic nitrogens is 1. The highest BCUT2D eigenvalue weighted by molar-refractivity contribution is 6.33. The molecule has 30 heavy (non-hydrogen) atoms. The van der Waals surface area contributed by atoms with Gasteiger partial charge in [-0.05, 0) is 100 Å². The van der Waals surface area contributed by atoms with Gasteiger partial charge in [-0.2, -0.15) is 0 Å². The summed E-state index contributed by atoms with van der Waals surface area (Å²) in [5, 5.41) is 15.8. The van der Waals surface area contributed by atoms with Gasteiger partial charge in [0.25, 0.3) is 5.91 Å². The van der Waals surface area contributed by atoms with E-state index in [1.807, 2.05) is 6.07 Å². The van der Waals surface area contributed by atoms with Crippen LogP contribution in [-0.2, 0) is 6.42 Å². The van der Waals surface area contributed by atoms with Crippen LogP contribution in [0.5, 0.6) is 0 Å². The van der Waals surface area contributed by atoms with E-state index in [9.17, 15) is 4.79 Å². The Kier molecular flexibility index (Phi) is 8.42. The Balaban J connectivity index is 0.00000256. The molecular weight excluding hydrogens is 421 g/mol. The van der Waals surface area contributed by atoms with Gasteiger partial charge in [0.15, 0.2) is 0 Å². The van der Waals surface area contributed by atoms with Gasteiger partial charge in [0.2, 0.25) is 0 Å². The zero-order valence-corrected chi connectivity index (χ0v) is 19.2. The van der Waals surface area contributed by atoms with Crippen molar-refractivity contribution in [2.24, 2.45) is 23.2 Å². The Hall–Kier alpha value is -0.880. The van der Waals surface area contributed by atoms with Gasteiger partial charge in [-0.1, -0.05) is 11.6 Å². The maximum absolute atomic E-state index is 12.9. The van der Waals surface area contributed by atoms with E-state index in [0.29, 0.717) is 16.0 Å². The fourth-order valence-corrected chi connectivity index (χ4v) is 6.57. The van der Waals surface area contributed by atoms with Crippen molar-refractivity contribution in [1.82, 2.24) is 15.6 Å². The number of nitrogens with one attached hydrogen (secondary N) is 2. The minimum atomic E-state index is -0.0598. The third-order valence-electron chi connectivity index (χ3n) is 7.24. The summed E-state index contributed by atoms with van der Waals surface area (Å²) in [5.41, 5.74) is 1.78. The number of aliphatic hydroxyl groups is 1. The summed E-state index contributed by atoms with van der Waals surface area (Å²) in [6.45, 7) is 2.70. The standard InChI is InChI=1S/C23H34ClN3O2.ClH/c24-21-14-26-19(3-1-4-25-5-2-6-28)10-20(21)22(29)27-15-23-11-16-7-17(12-23)9-18(8-16)13-23;/h10,14,16-18,25,28H,1-9,11-13,15H2,(H,27,29);1H. The lowest BCUT2D eigenvalue weighted by molar-refractivity contribution is -0.0503. The number of hydrogen-bond acceptors (Lipinski definition) is 4. The Morgan fingerprint density at radius 3 is 2.40 bits per heavy atom. The second-order valence-electron chi connectivity index (χ2n) is 9.69. The van der Waals surface area contributed by atoms with E-state index < -0.39 is 0 Å². The van der Waals surface area contributed by atoms with Gasteiger partial charge >= 0.3 is 0 Å². The molecule has 0 aromatic carbocycles. The van der Waals surface area contributed by atoms with E-state index in [2.05, 4.69) is 15.6 Å². The lowest BCUT2D eigenvalue weighted by Crippen LogP contribution is -2.51. The van der Waals surface area contributed by atoms with Crippen molar-refractivity contribution in [1.29, 1.82) is 0 Å². The molecule has 0 atom stereocenters. The molecule has 4 fully saturated rings. The molecule has 0 radical (unpaired) electrons. The van der Waals surface area contributed by atoms with Gasteiger partial charge in [-0.15, -0.1) is 12.4 Å². The van der Waals surface area contributed by atoms with Crippen LogP contribution < -0.4 is 10.6 Å². The lowest BCUT2D eigenvalue weighted by atomic mass is 9.49. The van der Waals surface area contributed by atoms with Gasteiger partial charge in [0.05, 0.1) is 10.6 Å². The molecule has 4 aliphatic carbocycles. The van der Waals surface area contributed by atoms with Crippen molar-refractivity contribution in [3.05, 3.63) is 28.5 Å². The first-order chi connectivity index (χ1) is 14.1. The molecule has 5 rings (SSSR count). The second kappa shape index (κ2) is 10.6. The molecule has 0 aliphatic heterocycles. The van der Waals surface area contributed by atoms with Crippen LogP contribution in [0.25, 0.3) is 0 Å². The Bertz CT molecular complexity index is 693. The summed E-state index contributed by atoms with van der Waals surface area (Å²) >= 11 is 6.30. The summed E-state index contributed by atoms with van der Waals surface area (Å²) in [7, 11) is 0. The molecule has 1 aromatic heterocycles. The highest BCUT2D eigenvalue weighted by atomic mass is 35.5. The summed E-state index contributed by atoms with van der Waals surface area (Å²) in [6.07, 6.45) is 12.2. The van der Waals surface area contributed by atoms with Crippen molar-refractivity contribution >= 4 is 29.9 Å². The van der Waals surface area contributed by atoms with Gasteiger partial charge in [-0.25, -0.2) is 0 Å². The van der Waals surface area contributed by atoms with Crippen molar-refractivity contribution in [3.63, 3.8) is 0 Å². The number of amides is 1. The molecule has 1 aromatic rings. The van der Waals surface area contributed by atoms with Crippen LogP contribution in [0.4, 0.5) is 0 Å². The predicted octanol–water partition coefficient (Wildman–Crippen LogP) is 4.01. The molecule has 0 spiro atoms. The third kappa shape index (κ3) is 5.67. The first-order valence-corrected chi connectivity index (χ1v) is 11.7. The van der Waals surface area contributed by atoms with E-state index in [1.165, 1.54) is 38.5 Å². The minimum absolute atomic E-state index is 0. The number of halogens is 2. The zero-order valence-electron chi connectivity index (χ0n) is 17.7. The van der Waals surface area contributed by atoms with E-state index in [-0.39, 0.29) is 24.9 Å². The molecule has 1 amide bonds. The molecule has 0 saturated heterocycles. The Labute approximate surface area is 191 Å². The molecule has 4 bridgehead atoms. The van der Waals surface area contributed by atoms with Crippen LogP contribution in [-0.4, -0.2) is 42.2 Å². The number of carbonyl (C=O) groups is 1. The minimum Gasteiger partial charge on any atom is -0.396 e. The summed E-state index contributed by atoms with van der Waals surface area (Å²) in [5.74, 6) is 2.61. The molecule has 7 heteroatoms. The van der Waals surface area contributed by atoms with Crippen LogP contribution >= 0.6 is 24.0 Å². The van der Waals surface area contributed by atoms with Gasteiger partial charge in [-0.3, -0.25) is 9.78 Å². The van der Waals surface area contributed by atoms with Gasteiger partial charge in [0, 0.05) is 25.0 Å². The molecule has 4 aliphatic rings. The van der Waals surface area contributed by atoms with Crippen molar-refractivity contribution in [2.45, 2.75) is 57.8 Å². The fraction of sp³-hybridized carbons (Fsp3) is 0.739. The highest BCUT2D eigenvalue weighted by Crippen LogP contribution is 2.59. The number of aryl methyl sites for hydroxylation is 1. The largest absolute Gasteiger partial charge is 0.396 e. The number of nitrogens with zero attached hydrogens (tertiary/aromatic N) is 1. The molecule has 4 saturated carbocycles. The first kappa shape index (κ1) is 23.8. The summed E-state index contributed by atoms with van der Waals surface area (Å²) in [4.78, 5) is 17.3. The van der Waals surface area contributed by atoms with Crippen molar-refractivity contribution in [2.75, 3.05) is 26.2 Å². The molecule has 5 nitrogen and oxygen atoms in total.